The molecule has 3 rings (SSSR count). The molecule has 0 fully saturated rings. The van der Waals surface area contributed by atoms with Crippen LogP contribution in [0.2, 0.25) is 25.7 Å². The van der Waals surface area contributed by atoms with Gasteiger partial charge in [0.1, 0.15) is 28.9 Å². The Morgan fingerprint density at radius 2 is 2.00 bits per heavy atom. The minimum absolute atomic E-state index is 0.0314. The van der Waals surface area contributed by atoms with Crippen molar-refractivity contribution in [3.05, 3.63) is 32.8 Å². The summed E-state index contributed by atoms with van der Waals surface area (Å²) in [5.41, 5.74) is 1.01. The SMILES string of the molecule is C#C[C@@H](Cc1sc2c(N(Cc3cccs3)C(=O)O)snc2c1C)N(COCC[Si](C)(C)C)C(=O)OC(C)(C)C. The smallest absolute Gasteiger partial charge is 0.413 e. The molecular formula is C27H37N3O5S3Si. The first-order valence-corrected chi connectivity index (χ1v) is 18.8. The Balaban J connectivity index is 1.87. The summed E-state index contributed by atoms with van der Waals surface area (Å²) in [4.78, 5) is 30.0. The largest absolute Gasteiger partial charge is 0.465 e. The molecule has 39 heavy (non-hydrogen) atoms. The molecule has 2 amide bonds. The lowest BCUT2D eigenvalue weighted by atomic mass is 10.1. The molecule has 3 aromatic rings. The summed E-state index contributed by atoms with van der Waals surface area (Å²) < 4.78 is 17.0. The molecule has 0 radical (unpaired) electrons. The monoisotopic (exact) mass is 607 g/mol. The highest BCUT2D eigenvalue weighted by atomic mass is 32.1. The molecule has 3 heterocycles. The van der Waals surface area contributed by atoms with Gasteiger partial charge in [-0.05, 0) is 62.3 Å². The van der Waals surface area contributed by atoms with Gasteiger partial charge in [0.2, 0.25) is 0 Å². The van der Waals surface area contributed by atoms with E-state index in [1.165, 1.54) is 44.0 Å². The maximum absolute atomic E-state index is 13.2. The van der Waals surface area contributed by atoms with Gasteiger partial charge in [-0.1, -0.05) is 31.6 Å². The Kier molecular flexibility index (Phi) is 10.2. The zero-order chi connectivity index (χ0) is 29.0. The van der Waals surface area contributed by atoms with Crippen molar-refractivity contribution < 1.29 is 24.2 Å². The van der Waals surface area contributed by atoms with Crippen molar-refractivity contribution in [1.29, 1.82) is 0 Å². The Labute approximate surface area is 243 Å². The van der Waals surface area contributed by atoms with Crippen molar-refractivity contribution in [2.24, 2.45) is 0 Å². The lowest BCUT2D eigenvalue weighted by Gasteiger charge is -2.31. The number of thiophene rings is 2. The number of carbonyl (C=O) groups excluding carboxylic acids is 1. The zero-order valence-corrected chi connectivity index (χ0v) is 27.0. The van der Waals surface area contributed by atoms with Gasteiger partial charge in [0.25, 0.3) is 0 Å². The van der Waals surface area contributed by atoms with Crippen LogP contribution in [0.4, 0.5) is 14.6 Å². The fourth-order valence-corrected chi connectivity index (χ4v) is 7.45. The highest BCUT2D eigenvalue weighted by Crippen LogP contribution is 2.41. The van der Waals surface area contributed by atoms with Crippen LogP contribution in [0, 0.1) is 19.3 Å². The fourth-order valence-electron chi connectivity index (χ4n) is 3.65. The Hall–Kier alpha value is -2.43. The molecule has 3 aromatic heterocycles. The van der Waals surface area contributed by atoms with E-state index in [0.717, 1.165) is 31.6 Å². The number of carbonyl (C=O) groups is 2. The standard InChI is InChI=1S/C27H37N3O5S3Si/c1-9-19(30(26(33)35-27(3,4)5)17-34-12-14-39(6,7)8)15-21-18(2)22-23(37-21)24(38-28-22)29(25(31)32)16-20-11-10-13-36-20/h1,10-11,13,19H,12,14-17H2,2-8H3,(H,31,32)/t19-/m0/s1. The quantitative estimate of drug-likeness (QED) is 0.105. The lowest BCUT2D eigenvalue weighted by Crippen LogP contribution is -2.45. The van der Waals surface area contributed by atoms with Crippen molar-refractivity contribution in [1.82, 2.24) is 9.27 Å². The summed E-state index contributed by atoms with van der Waals surface area (Å²) in [6, 6.07) is 4.18. The Morgan fingerprint density at radius 1 is 1.28 bits per heavy atom. The van der Waals surface area contributed by atoms with E-state index in [1.807, 2.05) is 45.2 Å². The van der Waals surface area contributed by atoms with Gasteiger partial charge in [-0.2, -0.15) is 4.37 Å². The third kappa shape index (κ3) is 8.52. The van der Waals surface area contributed by atoms with Crippen LogP contribution in [0.15, 0.2) is 17.5 Å². The molecule has 0 aromatic carbocycles. The number of anilines is 1. The minimum atomic E-state index is -1.30. The van der Waals surface area contributed by atoms with Crippen molar-refractivity contribution in [3.8, 4) is 12.3 Å². The molecule has 0 aliphatic rings. The second kappa shape index (κ2) is 12.8. The normalized spacial score (nSPS) is 12.8. The van der Waals surface area contributed by atoms with Crippen LogP contribution in [0.3, 0.4) is 0 Å². The number of terminal acetylenes is 1. The van der Waals surface area contributed by atoms with Gasteiger partial charge >= 0.3 is 12.2 Å². The number of rotatable bonds is 11. The first-order valence-electron chi connectivity index (χ1n) is 12.6. The maximum atomic E-state index is 13.2. The molecule has 212 valence electrons. The van der Waals surface area contributed by atoms with Gasteiger partial charge in [0.15, 0.2) is 0 Å². The van der Waals surface area contributed by atoms with Crippen LogP contribution in [0.1, 0.15) is 36.1 Å². The highest BCUT2D eigenvalue weighted by molar-refractivity contribution is 7.25. The zero-order valence-electron chi connectivity index (χ0n) is 23.6. The average Bonchev–Trinajstić information content (AvgIpc) is 3.53. The topological polar surface area (TPSA) is 92.2 Å². The van der Waals surface area contributed by atoms with Gasteiger partial charge in [-0.25, -0.2) is 9.59 Å². The average molecular weight is 608 g/mol. The molecule has 0 unspecified atom stereocenters. The Morgan fingerprint density at radius 3 is 2.56 bits per heavy atom. The molecule has 0 bridgehead atoms. The number of aromatic nitrogens is 1. The maximum Gasteiger partial charge on any atom is 0.413 e. The first-order chi connectivity index (χ1) is 18.2. The predicted octanol–water partition coefficient (Wildman–Crippen LogP) is 7.51. The summed E-state index contributed by atoms with van der Waals surface area (Å²) >= 11 is 4.16. The molecule has 0 aliphatic heterocycles. The second-order valence-electron chi connectivity index (χ2n) is 11.4. The van der Waals surface area contributed by atoms with Crippen molar-refractivity contribution in [3.63, 3.8) is 0 Å². The van der Waals surface area contributed by atoms with Crippen LogP contribution in [-0.4, -0.2) is 59.6 Å². The molecule has 0 saturated carbocycles. The van der Waals surface area contributed by atoms with Gasteiger partial charge in [0.05, 0.1) is 11.2 Å². The number of carboxylic acid groups (broad SMARTS) is 1. The fraction of sp³-hybridized carbons (Fsp3) is 0.519. The van der Waals surface area contributed by atoms with Gasteiger partial charge < -0.3 is 14.6 Å². The van der Waals surface area contributed by atoms with E-state index in [-0.39, 0.29) is 13.3 Å². The molecule has 8 nitrogen and oxygen atoms in total. The molecule has 0 aliphatic carbocycles. The third-order valence-corrected chi connectivity index (χ3v) is 10.7. The molecule has 0 spiro atoms. The van der Waals surface area contributed by atoms with E-state index in [2.05, 4.69) is 29.9 Å². The van der Waals surface area contributed by atoms with Gasteiger partial charge in [-0.3, -0.25) is 9.80 Å². The number of amides is 2. The molecule has 12 heteroatoms. The van der Waals surface area contributed by atoms with Crippen molar-refractivity contribution >= 4 is 69.7 Å². The summed E-state index contributed by atoms with van der Waals surface area (Å²) in [6.45, 7) is 15.0. The Bertz CT molecular complexity index is 1320. The summed E-state index contributed by atoms with van der Waals surface area (Å²) in [7, 11) is -1.30. The number of fused-ring (bicyclic) bond motifs is 1. The highest BCUT2D eigenvalue weighted by Gasteiger charge is 2.30. The predicted molar refractivity (Wildman–Crippen MR) is 164 cm³/mol. The van der Waals surface area contributed by atoms with E-state index in [9.17, 15) is 14.7 Å². The summed E-state index contributed by atoms with van der Waals surface area (Å²) in [5, 5.41) is 12.5. The number of nitrogens with zero attached hydrogens (tertiary/aromatic N) is 3. The van der Waals surface area contributed by atoms with Crippen LogP contribution in [0.5, 0.6) is 0 Å². The van der Waals surface area contributed by atoms with Crippen molar-refractivity contribution in [2.45, 2.75) is 78.0 Å². The van der Waals surface area contributed by atoms with Crippen LogP contribution < -0.4 is 4.90 Å². The molecule has 1 N–H and O–H groups in total. The minimum Gasteiger partial charge on any atom is -0.465 e. The molecule has 0 saturated heterocycles. The van der Waals surface area contributed by atoms with Crippen LogP contribution in [0.25, 0.3) is 10.2 Å². The van der Waals surface area contributed by atoms with E-state index in [1.54, 1.807) is 0 Å². The molecular weight excluding hydrogens is 571 g/mol. The van der Waals surface area contributed by atoms with Gasteiger partial charge in [0, 0.05) is 30.9 Å². The number of hydrogen-bond acceptors (Lipinski definition) is 8. The second-order valence-corrected chi connectivity index (χ2v) is 20.0. The number of aryl methyl sites for hydroxylation is 1. The van der Waals surface area contributed by atoms with E-state index in [0.29, 0.717) is 18.0 Å². The number of ether oxygens (including phenoxy) is 2. The summed E-state index contributed by atoms with van der Waals surface area (Å²) in [6.07, 6.45) is 4.79. The van der Waals surface area contributed by atoms with E-state index < -0.39 is 31.9 Å². The third-order valence-electron chi connectivity index (χ3n) is 5.80. The van der Waals surface area contributed by atoms with Crippen LogP contribution in [-0.2, 0) is 22.4 Å². The lowest BCUT2D eigenvalue weighted by molar-refractivity contribution is -0.0183. The van der Waals surface area contributed by atoms with Crippen molar-refractivity contribution in [2.75, 3.05) is 18.2 Å². The van der Waals surface area contributed by atoms with E-state index >= 15 is 0 Å². The summed E-state index contributed by atoms with van der Waals surface area (Å²) in [5.74, 6) is 2.76. The van der Waals surface area contributed by atoms with E-state index in [4.69, 9.17) is 15.9 Å². The first kappa shape index (κ1) is 31.1. The molecule has 1 atom stereocenters. The van der Waals surface area contributed by atoms with Crippen LogP contribution >= 0.6 is 34.2 Å². The van der Waals surface area contributed by atoms with Gasteiger partial charge in [-0.15, -0.1) is 29.1 Å². The number of hydrogen-bond donors (Lipinski definition) is 1.